The van der Waals surface area contributed by atoms with Crippen molar-refractivity contribution in [2.45, 2.75) is 19.4 Å². The summed E-state index contributed by atoms with van der Waals surface area (Å²) in [4.78, 5) is 12.0. The highest BCUT2D eigenvalue weighted by Crippen LogP contribution is 2.28. The van der Waals surface area contributed by atoms with E-state index in [1.807, 2.05) is 24.3 Å². The van der Waals surface area contributed by atoms with Gasteiger partial charge in [0, 0.05) is 17.1 Å². The number of benzene rings is 1. The molecule has 1 aliphatic carbocycles. The minimum Gasteiger partial charge on any atom is -0.383 e. The molecule has 0 aliphatic heterocycles. The molecule has 4 nitrogen and oxygen atoms in total. The molecular weight excluding hydrogens is 318 g/mol. The minimum absolute atomic E-state index is 0.0780. The molecule has 0 spiro atoms. The van der Waals surface area contributed by atoms with Gasteiger partial charge in [0.25, 0.3) is 5.56 Å². The first-order valence-corrected chi connectivity index (χ1v) is 7.55. The van der Waals surface area contributed by atoms with Crippen molar-refractivity contribution < 1.29 is 0 Å². The highest BCUT2D eigenvalue weighted by atomic mass is 79.9. The van der Waals surface area contributed by atoms with Gasteiger partial charge in [0.2, 0.25) is 0 Å². The molecule has 2 aromatic rings. The topological polar surface area (TPSA) is 46.9 Å². The first-order valence-electron chi connectivity index (χ1n) is 6.76. The van der Waals surface area contributed by atoms with E-state index in [1.165, 1.54) is 17.5 Å². The lowest BCUT2D eigenvalue weighted by atomic mass is 10.2. The van der Waals surface area contributed by atoms with Crippen LogP contribution >= 0.6 is 15.9 Å². The van der Waals surface area contributed by atoms with Crippen molar-refractivity contribution >= 4 is 21.6 Å². The van der Waals surface area contributed by atoms with Crippen molar-refractivity contribution in [2.24, 2.45) is 5.92 Å². The maximum Gasteiger partial charge on any atom is 0.269 e. The number of nitrogens with zero attached hydrogens (tertiary/aromatic N) is 2. The van der Waals surface area contributed by atoms with Gasteiger partial charge in [-0.2, -0.15) is 5.10 Å². The van der Waals surface area contributed by atoms with Crippen molar-refractivity contribution in [3.63, 3.8) is 0 Å². The van der Waals surface area contributed by atoms with Crippen LogP contribution in [0, 0.1) is 5.92 Å². The molecule has 0 bridgehead atoms. The van der Waals surface area contributed by atoms with Crippen LogP contribution in [0.5, 0.6) is 0 Å². The second-order valence-corrected chi connectivity index (χ2v) is 6.11. The summed E-state index contributed by atoms with van der Waals surface area (Å²) in [7, 11) is 0. The summed E-state index contributed by atoms with van der Waals surface area (Å²) in [6.07, 6.45) is 4.31. The summed E-state index contributed by atoms with van der Waals surface area (Å²) in [6, 6.07) is 9.51. The molecule has 104 valence electrons. The van der Waals surface area contributed by atoms with Gasteiger partial charge in [-0.05, 0) is 36.5 Å². The molecule has 1 fully saturated rings. The van der Waals surface area contributed by atoms with E-state index < -0.39 is 0 Å². The van der Waals surface area contributed by atoms with Crippen molar-refractivity contribution in [1.82, 2.24) is 9.78 Å². The Morgan fingerprint density at radius 1 is 1.35 bits per heavy atom. The van der Waals surface area contributed by atoms with Gasteiger partial charge in [-0.25, -0.2) is 4.68 Å². The van der Waals surface area contributed by atoms with Gasteiger partial charge in [0.15, 0.2) is 0 Å². The quantitative estimate of drug-likeness (QED) is 0.915. The van der Waals surface area contributed by atoms with E-state index in [4.69, 9.17) is 0 Å². The molecule has 1 aliphatic rings. The lowest BCUT2D eigenvalue weighted by Gasteiger charge is -2.08. The van der Waals surface area contributed by atoms with E-state index in [-0.39, 0.29) is 5.56 Å². The maximum absolute atomic E-state index is 12.0. The van der Waals surface area contributed by atoms with Gasteiger partial charge in [0.05, 0.1) is 18.4 Å². The van der Waals surface area contributed by atoms with Crippen molar-refractivity contribution in [2.75, 3.05) is 11.9 Å². The van der Waals surface area contributed by atoms with E-state index in [9.17, 15) is 4.79 Å². The Labute approximate surface area is 126 Å². The second-order valence-electron chi connectivity index (χ2n) is 5.19. The summed E-state index contributed by atoms with van der Waals surface area (Å²) in [6.45, 7) is 1.43. The van der Waals surface area contributed by atoms with E-state index in [1.54, 1.807) is 12.3 Å². The van der Waals surface area contributed by atoms with Crippen LogP contribution < -0.4 is 10.9 Å². The molecule has 1 aromatic carbocycles. The third kappa shape index (κ3) is 3.48. The van der Waals surface area contributed by atoms with E-state index in [0.717, 1.165) is 28.2 Å². The zero-order valence-electron chi connectivity index (χ0n) is 11.1. The Hall–Kier alpha value is -1.62. The van der Waals surface area contributed by atoms with Crippen LogP contribution in [-0.4, -0.2) is 16.3 Å². The molecule has 0 saturated heterocycles. The lowest BCUT2D eigenvalue weighted by Crippen LogP contribution is -2.23. The molecule has 1 saturated carbocycles. The molecule has 1 aromatic heterocycles. The molecule has 5 heteroatoms. The molecule has 3 rings (SSSR count). The van der Waals surface area contributed by atoms with Gasteiger partial charge in [0.1, 0.15) is 0 Å². The van der Waals surface area contributed by atoms with Crippen LogP contribution in [0.25, 0.3) is 0 Å². The molecule has 0 amide bonds. The van der Waals surface area contributed by atoms with Crippen molar-refractivity contribution in [1.29, 1.82) is 0 Å². The Morgan fingerprint density at radius 2 is 2.20 bits per heavy atom. The third-order valence-corrected chi connectivity index (χ3v) is 3.88. The maximum atomic E-state index is 12.0. The van der Waals surface area contributed by atoms with Crippen LogP contribution in [-0.2, 0) is 6.54 Å². The van der Waals surface area contributed by atoms with E-state index in [0.29, 0.717) is 6.54 Å². The number of nitrogens with one attached hydrogen (secondary N) is 1. The number of halogens is 1. The fraction of sp³-hybridized carbons (Fsp3) is 0.333. The predicted molar refractivity (Wildman–Crippen MR) is 83.0 cm³/mol. The molecule has 0 unspecified atom stereocenters. The normalized spacial score (nSPS) is 14.2. The Balaban J connectivity index is 1.71. The number of rotatable bonds is 5. The number of hydrogen-bond donors (Lipinski definition) is 1. The fourth-order valence-corrected chi connectivity index (χ4v) is 2.49. The first-order chi connectivity index (χ1) is 9.70. The van der Waals surface area contributed by atoms with Crippen molar-refractivity contribution in [3.8, 4) is 0 Å². The molecular formula is C15H16BrN3O. The zero-order valence-corrected chi connectivity index (χ0v) is 12.6. The smallest absolute Gasteiger partial charge is 0.269 e. The van der Waals surface area contributed by atoms with Crippen molar-refractivity contribution in [3.05, 3.63) is 56.9 Å². The summed E-state index contributed by atoms with van der Waals surface area (Å²) >= 11 is 3.43. The average Bonchev–Trinajstić information content (AvgIpc) is 3.23. The highest BCUT2D eigenvalue weighted by Gasteiger charge is 2.20. The van der Waals surface area contributed by atoms with E-state index >= 15 is 0 Å². The average molecular weight is 334 g/mol. The summed E-state index contributed by atoms with van der Waals surface area (Å²) in [5.41, 5.74) is 1.78. The monoisotopic (exact) mass is 333 g/mol. The second kappa shape index (κ2) is 5.79. The van der Waals surface area contributed by atoms with Gasteiger partial charge in [-0.15, -0.1) is 0 Å². The van der Waals surface area contributed by atoms with Crippen LogP contribution in [0.15, 0.2) is 45.8 Å². The Bertz CT molecular complexity index is 664. The van der Waals surface area contributed by atoms with Gasteiger partial charge in [-0.1, -0.05) is 28.1 Å². The van der Waals surface area contributed by atoms with Gasteiger partial charge < -0.3 is 5.32 Å². The van der Waals surface area contributed by atoms with Crippen LogP contribution in [0.3, 0.4) is 0 Å². The number of anilines is 1. The number of hydrogen-bond acceptors (Lipinski definition) is 3. The minimum atomic E-state index is -0.0780. The highest BCUT2D eigenvalue weighted by molar-refractivity contribution is 9.10. The molecule has 0 atom stereocenters. The fourth-order valence-electron chi connectivity index (χ4n) is 2.04. The molecule has 1 N–H and O–H groups in total. The SMILES string of the molecule is O=c1cc(NCC2CC2)cnn1Cc1cccc(Br)c1. The molecule has 1 heterocycles. The largest absolute Gasteiger partial charge is 0.383 e. The Morgan fingerprint density at radius 3 is 2.90 bits per heavy atom. The summed E-state index contributed by atoms with van der Waals surface area (Å²) in [5.74, 6) is 0.777. The standard InChI is InChI=1S/C15H16BrN3O/c16-13-3-1-2-12(6-13)10-19-15(20)7-14(9-18-19)17-8-11-4-5-11/h1-3,6-7,9,11,17H,4-5,8,10H2. The lowest BCUT2D eigenvalue weighted by molar-refractivity contribution is 0.639. The van der Waals surface area contributed by atoms with Crippen LogP contribution in [0.1, 0.15) is 18.4 Å². The molecule has 20 heavy (non-hydrogen) atoms. The molecule has 0 radical (unpaired) electrons. The predicted octanol–water partition coefficient (Wildman–Crippen LogP) is 2.88. The Kier molecular flexibility index (Phi) is 3.87. The van der Waals surface area contributed by atoms with Crippen LogP contribution in [0.4, 0.5) is 5.69 Å². The summed E-state index contributed by atoms with van der Waals surface area (Å²) in [5, 5.41) is 7.49. The van der Waals surface area contributed by atoms with Gasteiger partial charge >= 0.3 is 0 Å². The first kappa shape index (κ1) is 13.4. The number of aromatic nitrogens is 2. The van der Waals surface area contributed by atoms with E-state index in [2.05, 4.69) is 26.3 Å². The van der Waals surface area contributed by atoms with Crippen LogP contribution in [0.2, 0.25) is 0 Å². The zero-order chi connectivity index (χ0) is 13.9. The van der Waals surface area contributed by atoms with Gasteiger partial charge in [-0.3, -0.25) is 4.79 Å². The third-order valence-electron chi connectivity index (χ3n) is 3.38. The summed E-state index contributed by atoms with van der Waals surface area (Å²) < 4.78 is 2.48.